The Kier molecular flexibility index (Phi) is 6.17. The zero-order chi connectivity index (χ0) is 16.0. The summed E-state index contributed by atoms with van der Waals surface area (Å²) in [5.74, 6) is -2.37. The smallest absolute Gasteiger partial charge is 0.345 e. The summed E-state index contributed by atoms with van der Waals surface area (Å²) < 4.78 is 17.9. The summed E-state index contributed by atoms with van der Waals surface area (Å²) in [4.78, 5) is 25.5. The Hall–Kier alpha value is -2.08. The third-order valence-electron chi connectivity index (χ3n) is 2.69. The van der Waals surface area contributed by atoms with Gasteiger partial charge in [0.2, 0.25) is 5.78 Å². The van der Waals surface area contributed by atoms with E-state index in [4.69, 9.17) is 17.1 Å². The van der Waals surface area contributed by atoms with Gasteiger partial charge in [0.25, 0.3) is 0 Å². The molecule has 0 aliphatic rings. The molecule has 0 radical (unpaired) electrons. The van der Waals surface area contributed by atoms with Gasteiger partial charge in [0.05, 0.1) is 13.2 Å². The van der Waals surface area contributed by atoms with Gasteiger partial charge in [-0.1, -0.05) is 17.7 Å². The lowest BCUT2D eigenvalue weighted by molar-refractivity contribution is -0.140. The van der Waals surface area contributed by atoms with E-state index in [0.717, 1.165) is 13.2 Å². The minimum Gasteiger partial charge on any atom is -0.469 e. The van der Waals surface area contributed by atoms with E-state index >= 15 is 0 Å². The number of nitrogens with zero attached hydrogens (tertiary/aromatic N) is 2. The minimum absolute atomic E-state index is 0.0363. The summed E-state index contributed by atoms with van der Waals surface area (Å²) in [7, 11) is 1.11. The van der Waals surface area contributed by atoms with E-state index in [2.05, 4.69) is 9.53 Å². The Balaban J connectivity index is 2.87. The van der Waals surface area contributed by atoms with E-state index in [1.807, 2.05) is 0 Å². The van der Waals surface area contributed by atoms with Gasteiger partial charge < -0.3 is 15.4 Å². The molecular weight excluding hydrogens is 303 g/mol. The summed E-state index contributed by atoms with van der Waals surface area (Å²) in [5, 5.41) is 9.85. The fourth-order valence-electron chi connectivity index (χ4n) is 1.62. The third-order valence-corrected chi connectivity index (χ3v) is 3.02. The van der Waals surface area contributed by atoms with Crippen molar-refractivity contribution in [3.05, 3.63) is 40.1 Å². The molecule has 1 atom stereocenters. The van der Waals surface area contributed by atoms with Gasteiger partial charge in [-0.2, -0.15) is 4.79 Å². The maximum Gasteiger partial charge on any atom is 0.345 e. The van der Waals surface area contributed by atoms with Gasteiger partial charge in [0.1, 0.15) is 5.82 Å². The number of Topliss-reactive ketones (excluding diaryl/α,β-unsaturated/α-hetero) is 1. The van der Waals surface area contributed by atoms with Gasteiger partial charge in [-0.05, 0) is 12.1 Å². The van der Waals surface area contributed by atoms with Crippen molar-refractivity contribution < 1.29 is 28.6 Å². The molecular formula is C13H12ClFN2O4. The first-order valence-electron chi connectivity index (χ1n) is 5.83. The maximum atomic E-state index is 13.6. The first-order valence-corrected chi connectivity index (χ1v) is 6.21. The number of halogens is 2. The molecule has 0 aromatic heterocycles. The number of hydrogen-bond donors (Lipinski definition) is 1. The zero-order valence-corrected chi connectivity index (χ0v) is 11.8. The number of aliphatic hydroxyl groups is 1. The maximum absolute atomic E-state index is 13.6. The van der Waals surface area contributed by atoms with E-state index in [9.17, 15) is 19.1 Å². The van der Waals surface area contributed by atoms with Crippen molar-refractivity contribution in [2.45, 2.75) is 18.9 Å². The van der Waals surface area contributed by atoms with Crippen LogP contribution in [0.3, 0.4) is 0 Å². The number of ether oxygens (including phenoxy) is 1. The molecule has 6 nitrogen and oxygen atoms in total. The average Bonchev–Trinajstić information content (AvgIpc) is 2.43. The van der Waals surface area contributed by atoms with Crippen LogP contribution in [-0.4, -0.2) is 34.5 Å². The van der Waals surface area contributed by atoms with E-state index in [-0.39, 0.29) is 10.6 Å². The van der Waals surface area contributed by atoms with Crippen LogP contribution in [0, 0.1) is 5.82 Å². The Labute approximate surface area is 124 Å². The zero-order valence-electron chi connectivity index (χ0n) is 11.0. The molecule has 1 aromatic carbocycles. The molecule has 1 aromatic rings. The highest BCUT2D eigenvalue weighted by Gasteiger charge is 2.28. The van der Waals surface area contributed by atoms with Crippen LogP contribution in [-0.2, 0) is 14.3 Å². The molecule has 0 spiro atoms. The molecule has 0 aliphatic carbocycles. The van der Waals surface area contributed by atoms with Crippen LogP contribution in [0.15, 0.2) is 18.2 Å². The van der Waals surface area contributed by atoms with Crippen LogP contribution in [0.25, 0.3) is 5.53 Å². The monoisotopic (exact) mass is 314 g/mol. The number of methoxy groups -OCH3 is 1. The summed E-state index contributed by atoms with van der Waals surface area (Å²) in [6, 6.07) is 3.81. The number of rotatable bonds is 6. The van der Waals surface area contributed by atoms with Crippen LogP contribution in [0.1, 0.15) is 24.5 Å². The predicted octanol–water partition coefficient (Wildman–Crippen LogP) is 1.71. The second-order valence-corrected chi connectivity index (χ2v) is 4.49. The van der Waals surface area contributed by atoms with Crippen LogP contribution in [0.5, 0.6) is 0 Å². The van der Waals surface area contributed by atoms with Crippen LogP contribution in [0.2, 0.25) is 5.02 Å². The molecule has 8 heteroatoms. The second kappa shape index (κ2) is 7.64. The number of hydrogen-bond acceptors (Lipinski definition) is 4. The van der Waals surface area contributed by atoms with Gasteiger partial charge in [-0.3, -0.25) is 9.59 Å². The topological polar surface area (TPSA) is 100 Å². The fraction of sp³-hybridized carbons (Fsp3) is 0.308. The Morgan fingerprint density at radius 3 is 2.71 bits per heavy atom. The molecule has 0 heterocycles. The number of benzene rings is 1. The Morgan fingerprint density at radius 1 is 1.52 bits per heavy atom. The molecule has 0 saturated carbocycles. The van der Waals surface area contributed by atoms with Crippen molar-refractivity contribution in [1.82, 2.24) is 0 Å². The van der Waals surface area contributed by atoms with Crippen molar-refractivity contribution in [2.24, 2.45) is 0 Å². The largest absolute Gasteiger partial charge is 0.469 e. The highest BCUT2D eigenvalue weighted by atomic mass is 35.5. The lowest BCUT2D eigenvalue weighted by Gasteiger charge is -2.11. The third kappa shape index (κ3) is 4.46. The quantitative estimate of drug-likeness (QED) is 0.374. The minimum atomic E-state index is -1.53. The predicted molar refractivity (Wildman–Crippen MR) is 71.3 cm³/mol. The molecule has 1 rings (SSSR count). The highest BCUT2D eigenvalue weighted by Crippen LogP contribution is 2.28. The van der Waals surface area contributed by atoms with E-state index < -0.39 is 42.2 Å². The molecule has 0 saturated heterocycles. The summed E-state index contributed by atoms with van der Waals surface area (Å²) in [5.41, 5.74) is 7.99. The fourth-order valence-corrected chi connectivity index (χ4v) is 1.91. The molecule has 1 N–H and O–H groups in total. The summed E-state index contributed by atoms with van der Waals surface area (Å²) in [6.45, 7) is 0. The van der Waals surface area contributed by atoms with E-state index in [1.54, 1.807) is 0 Å². The number of aliphatic hydroxyl groups excluding tert-OH is 1. The number of esters is 1. The van der Waals surface area contributed by atoms with Crippen molar-refractivity contribution in [3.8, 4) is 0 Å². The van der Waals surface area contributed by atoms with Crippen LogP contribution in [0.4, 0.5) is 4.39 Å². The van der Waals surface area contributed by atoms with E-state index in [0.29, 0.717) is 0 Å². The lowest BCUT2D eigenvalue weighted by atomic mass is 10.0. The second-order valence-electron chi connectivity index (χ2n) is 4.08. The summed E-state index contributed by atoms with van der Waals surface area (Å²) in [6.07, 6.45) is -2.67. The Morgan fingerprint density at radius 2 is 2.19 bits per heavy atom. The lowest BCUT2D eigenvalue weighted by Crippen LogP contribution is -2.22. The normalized spacial score (nSPS) is 11.4. The van der Waals surface area contributed by atoms with Gasteiger partial charge in [-0.25, -0.2) is 4.39 Å². The molecule has 0 amide bonds. The average molecular weight is 315 g/mol. The molecule has 0 bridgehead atoms. The number of carbonyl (C=O) groups is 2. The standard InChI is InChI=1S/C13H12ClFN2O4/c1-21-12(20)5-9(17-16)10(18)6-11(19)13-7(14)3-2-4-8(13)15/h2-4,11,19H,5-6H2,1H3. The van der Waals surface area contributed by atoms with Gasteiger partial charge in [-0.15, -0.1) is 0 Å². The first-order chi connectivity index (χ1) is 9.90. The SMILES string of the molecule is COC(=O)CC(=[N+]=[N-])C(=O)CC(O)c1c(F)cccc1Cl. The van der Waals surface area contributed by atoms with Crippen molar-refractivity contribution in [1.29, 1.82) is 0 Å². The molecule has 21 heavy (non-hydrogen) atoms. The molecule has 112 valence electrons. The highest BCUT2D eigenvalue weighted by molar-refractivity contribution is 6.40. The van der Waals surface area contributed by atoms with Crippen molar-refractivity contribution >= 4 is 29.1 Å². The van der Waals surface area contributed by atoms with E-state index in [1.165, 1.54) is 12.1 Å². The molecule has 1 unspecified atom stereocenters. The van der Waals surface area contributed by atoms with Gasteiger partial charge in [0.15, 0.2) is 6.42 Å². The van der Waals surface area contributed by atoms with Gasteiger partial charge >= 0.3 is 11.7 Å². The van der Waals surface area contributed by atoms with Crippen LogP contribution >= 0.6 is 11.6 Å². The first kappa shape index (κ1) is 17.0. The molecule has 0 aliphatic heterocycles. The number of carbonyl (C=O) groups excluding carboxylic acids is 2. The molecule has 0 fully saturated rings. The number of ketones is 1. The van der Waals surface area contributed by atoms with Crippen LogP contribution < -0.4 is 0 Å². The van der Waals surface area contributed by atoms with Crippen molar-refractivity contribution in [2.75, 3.05) is 7.11 Å². The summed E-state index contributed by atoms with van der Waals surface area (Å²) >= 11 is 5.76. The van der Waals surface area contributed by atoms with Gasteiger partial charge in [0, 0.05) is 17.0 Å². The Bertz CT molecular complexity index is 594. The van der Waals surface area contributed by atoms with Crippen molar-refractivity contribution in [3.63, 3.8) is 0 Å².